The molecule has 3 aromatic rings. The molecule has 1 heterocycles. The van der Waals surface area contributed by atoms with Crippen LogP contribution in [0.4, 0.5) is 11.4 Å². The van der Waals surface area contributed by atoms with Gasteiger partial charge in [0.05, 0.1) is 31.2 Å². The molecule has 0 atom stereocenters. The maximum absolute atomic E-state index is 13.7. The lowest BCUT2D eigenvalue weighted by Crippen LogP contribution is -2.29. The molecular formula is C26H22ClN3O5S. The first-order valence-corrected chi connectivity index (χ1v) is 12.7. The quantitative estimate of drug-likeness (QED) is 0.452. The summed E-state index contributed by atoms with van der Waals surface area (Å²) in [5.74, 6) is -0.254. The zero-order chi connectivity index (χ0) is 25.9. The predicted octanol–water partition coefficient (Wildman–Crippen LogP) is 4.63. The van der Waals surface area contributed by atoms with E-state index in [9.17, 15) is 18.5 Å². The van der Waals surface area contributed by atoms with Crippen LogP contribution in [0, 0.1) is 11.3 Å². The van der Waals surface area contributed by atoms with Crippen LogP contribution < -0.4 is 19.1 Å². The maximum Gasteiger partial charge on any atom is 0.268 e. The molecule has 1 N–H and O–H groups in total. The van der Waals surface area contributed by atoms with Gasteiger partial charge in [-0.15, -0.1) is 0 Å². The van der Waals surface area contributed by atoms with Crippen LogP contribution in [-0.4, -0.2) is 35.1 Å². The monoisotopic (exact) mass is 523 g/mol. The summed E-state index contributed by atoms with van der Waals surface area (Å²) in [6.45, 7) is 0.302. The molecule has 8 nitrogen and oxygen atoms in total. The van der Waals surface area contributed by atoms with Crippen molar-refractivity contribution in [3.05, 3.63) is 82.4 Å². The number of carbonyl (C=O) groups is 1. The Labute approximate surface area is 214 Å². The number of para-hydroxylation sites is 1. The number of hydrogen-bond acceptors (Lipinski definition) is 6. The molecular weight excluding hydrogens is 502 g/mol. The Kier molecular flexibility index (Phi) is 7.20. The third-order valence-electron chi connectivity index (χ3n) is 5.67. The number of hydrogen-bond donors (Lipinski definition) is 1. The van der Waals surface area contributed by atoms with Gasteiger partial charge in [0.15, 0.2) is 11.5 Å². The molecule has 0 radical (unpaired) electrons. The van der Waals surface area contributed by atoms with E-state index in [2.05, 4.69) is 5.32 Å². The molecule has 1 aliphatic heterocycles. The fraction of sp³-hybridized carbons (Fsp3) is 0.154. The van der Waals surface area contributed by atoms with Gasteiger partial charge in [0.25, 0.3) is 10.0 Å². The molecule has 0 spiro atoms. The first-order chi connectivity index (χ1) is 17.3. The first-order valence-electron chi connectivity index (χ1n) is 10.8. The number of halogens is 1. The summed E-state index contributed by atoms with van der Waals surface area (Å²) in [6.07, 6.45) is 3.28. The number of fused-ring (bicyclic) bond motifs is 1. The fourth-order valence-electron chi connectivity index (χ4n) is 3.98. The van der Waals surface area contributed by atoms with E-state index in [1.54, 1.807) is 24.3 Å². The first kappa shape index (κ1) is 25.1. The highest BCUT2D eigenvalue weighted by Gasteiger charge is 2.34. The van der Waals surface area contributed by atoms with Crippen molar-refractivity contribution in [3.8, 4) is 17.6 Å². The number of ether oxygens (including phenoxy) is 2. The van der Waals surface area contributed by atoms with E-state index in [4.69, 9.17) is 21.1 Å². The molecule has 10 heteroatoms. The van der Waals surface area contributed by atoms with Crippen LogP contribution in [0.5, 0.6) is 11.5 Å². The predicted molar refractivity (Wildman–Crippen MR) is 138 cm³/mol. The summed E-state index contributed by atoms with van der Waals surface area (Å²) in [4.78, 5) is 12.5. The summed E-state index contributed by atoms with van der Waals surface area (Å²) in [7, 11) is -1.23. The number of benzene rings is 3. The SMILES string of the molecule is COc1cc(C=CC(=O)Nc2cc(Cl)ccc2C#N)cc(S(=O)(=O)N2CCc3ccccc32)c1OC. The maximum atomic E-state index is 13.7. The van der Waals surface area contributed by atoms with E-state index in [1.807, 2.05) is 18.2 Å². The fourth-order valence-corrected chi connectivity index (χ4v) is 5.86. The summed E-state index contributed by atoms with van der Waals surface area (Å²) in [6, 6.07) is 16.9. The van der Waals surface area contributed by atoms with Crippen molar-refractivity contribution in [3.63, 3.8) is 0 Å². The molecule has 36 heavy (non-hydrogen) atoms. The van der Waals surface area contributed by atoms with E-state index in [0.29, 0.717) is 29.2 Å². The molecule has 0 saturated carbocycles. The van der Waals surface area contributed by atoms with Crippen molar-refractivity contribution in [2.24, 2.45) is 0 Å². The molecule has 0 saturated heterocycles. The highest BCUT2D eigenvalue weighted by Crippen LogP contribution is 2.40. The third-order valence-corrected chi connectivity index (χ3v) is 7.72. The number of carbonyl (C=O) groups excluding carboxylic acids is 1. The minimum Gasteiger partial charge on any atom is -0.493 e. The molecule has 0 unspecified atom stereocenters. The highest BCUT2D eigenvalue weighted by atomic mass is 35.5. The molecule has 4 rings (SSSR count). The van der Waals surface area contributed by atoms with Crippen LogP contribution in [0.25, 0.3) is 6.08 Å². The van der Waals surface area contributed by atoms with Crippen molar-refractivity contribution in [2.45, 2.75) is 11.3 Å². The van der Waals surface area contributed by atoms with Gasteiger partial charge in [0, 0.05) is 17.6 Å². The second-order valence-electron chi connectivity index (χ2n) is 7.83. The van der Waals surface area contributed by atoms with Gasteiger partial charge < -0.3 is 14.8 Å². The highest BCUT2D eigenvalue weighted by molar-refractivity contribution is 7.93. The molecule has 0 aromatic heterocycles. The zero-order valence-corrected chi connectivity index (χ0v) is 21.1. The van der Waals surface area contributed by atoms with Crippen molar-refractivity contribution in [1.82, 2.24) is 0 Å². The van der Waals surface area contributed by atoms with Gasteiger partial charge in [-0.05, 0) is 60.0 Å². The topological polar surface area (TPSA) is 109 Å². The van der Waals surface area contributed by atoms with Gasteiger partial charge in [0.1, 0.15) is 11.0 Å². The van der Waals surface area contributed by atoms with E-state index < -0.39 is 15.9 Å². The average Bonchev–Trinajstić information content (AvgIpc) is 3.32. The Bertz CT molecular complexity index is 1510. The molecule has 184 valence electrons. The number of sulfonamides is 1. The zero-order valence-electron chi connectivity index (χ0n) is 19.5. The Morgan fingerprint density at radius 1 is 1.14 bits per heavy atom. The normalized spacial score (nSPS) is 12.8. The van der Waals surface area contributed by atoms with Gasteiger partial charge in [-0.2, -0.15) is 5.26 Å². The van der Waals surface area contributed by atoms with Gasteiger partial charge >= 0.3 is 0 Å². The Hall–Kier alpha value is -4.00. The minimum atomic E-state index is -4.01. The third kappa shape index (κ3) is 4.87. The van der Waals surface area contributed by atoms with Crippen molar-refractivity contribution < 1.29 is 22.7 Å². The lowest BCUT2D eigenvalue weighted by atomic mass is 10.1. The summed E-state index contributed by atoms with van der Waals surface area (Å²) in [5, 5.41) is 12.2. The van der Waals surface area contributed by atoms with Gasteiger partial charge in [-0.25, -0.2) is 8.42 Å². The van der Waals surface area contributed by atoms with Crippen molar-refractivity contribution >= 4 is 45.0 Å². The summed E-state index contributed by atoms with van der Waals surface area (Å²) in [5.41, 5.74) is 2.49. The van der Waals surface area contributed by atoms with Crippen LogP contribution in [-0.2, 0) is 21.2 Å². The summed E-state index contributed by atoms with van der Waals surface area (Å²) >= 11 is 5.97. The standard InChI is InChI=1S/C26H22ClN3O5S/c1-34-23-13-17(7-10-25(31)29-21-15-20(27)9-8-19(21)16-28)14-24(26(23)35-2)36(32,33)30-12-11-18-5-3-4-6-22(18)30/h3-10,13-15H,11-12H2,1-2H3,(H,29,31). The van der Waals surface area contributed by atoms with Crippen molar-refractivity contribution in [2.75, 3.05) is 30.4 Å². The van der Waals surface area contributed by atoms with Gasteiger partial charge in [0.2, 0.25) is 5.91 Å². The van der Waals surface area contributed by atoms with E-state index >= 15 is 0 Å². The van der Waals surface area contributed by atoms with Gasteiger partial charge in [-0.3, -0.25) is 9.10 Å². The number of anilines is 2. The molecule has 0 bridgehead atoms. The molecule has 3 aromatic carbocycles. The summed E-state index contributed by atoms with van der Waals surface area (Å²) < 4.78 is 39.6. The second-order valence-corrected chi connectivity index (χ2v) is 10.1. The lowest BCUT2D eigenvalue weighted by Gasteiger charge is -2.22. The number of nitrogens with zero attached hydrogens (tertiary/aromatic N) is 2. The number of nitrogens with one attached hydrogen (secondary N) is 1. The molecule has 0 fully saturated rings. The van der Waals surface area contributed by atoms with E-state index in [-0.39, 0.29) is 27.6 Å². The largest absolute Gasteiger partial charge is 0.493 e. The van der Waals surface area contributed by atoms with Crippen LogP contribution in [0.2, 0.25) is 5.02 Å². The van der Waals surface area contributed by atoms with E-state index in [1.165, 1.54) is 48.9 Å². The Morgan fingerprint density at radius 2 is 1.92 bits per heavy atom. The molecule has 1 aliphatic rings. The second kappa shape index (κ2) is 10.3. The number of methoxy groups -OCH3 is 2. The lowest BCUT2D eigenvalue weighted by molar-refractivity contribution is -0.111. The number of amides is 1. The van der Waals surface area contributed by atoms with Crippen LogP contribution in [0.15, 0.2) is 65.6 Å². The van der Waals surface area contributed by atoms with E-state index in [0.717, 1.165) is 5.56 Å². The Morgan fingerprint density at radius 3 is 2.64 bits per heavy atom. The van der Waals surface area contributed by atoms with Crippen LogP contribution in [0.3, 0.4) is 0 Å². The average molecular weight is 524 g/mol. The van der Waals surface area contributed by atoms with Crippen LogP contribution >= 0.6 is 11.6 Å². The van der Waals surface area contributed by atoms with Gasteiger partial charge in [-0.1, -0.05) is 29.8 Å². The smallest absolute Gasteiger partial charge is 0.268 e. The molecule has 0 aliphatic carbocycles. The number of nitriles is 1. The van der Waals surface area contributed by atoms with Crippen LogP contribution in [0.1, 0.15) is 16.7 Å². The molecule has 1 amide bonds. The minimum absolute atomic E-state index is 0.0704. The van der Waals surface area contributed by atoms with Crippen molar-refractivity contribution in [1.29, 1.82) is 5.26 Å². The number of rotatable bonds is 7. The Balaban J connectivity index is 1.69.